The number of nitrogens with one attached hydrogen (secondary N) is 2. The molecule has 3 aromatic rings. The van der Waals surface area contributed by atoms with E-state index in [1.54, 1.807) is 11.3 Å². The lowest BCUT2D eigenvalue weighted by atomic mass is 10.2. The van der Waals surface area contributed by atoms with Gasteiger partial charge in [-0.05, 0) is 60.2 Å². The maximum atomic E-state index is 12.3. The quantitative estimate of drug-likeness (QED) is 0.525. The van der Waals surface area contributed by atoms with Gasteiger partial charge in [0.25, 0.3) is 0 Å². The molecule has 9 heteroatoms. The summed E-state index contributed by atoms with van der Waals surface area (Å²) in [6.07, 6.45) is 0.367. The number of halogens is 1. The number of hydrogen-bond acceptors (Lipinski definition) is 7. The lowest BCUT2D eigenvalue weighted by molar-refractivity contribution is -0.115. The van der Waals surface area contributed by atoms with Gasteiger partial charge in [-0.3, -0.25) is 4.79 Å². The molecule has 2 aromatic heterocycles. The lowest BCUT2D eigenvalue weighted by Crippen LogP contribution is -2.45. The number of aryl methyl sites for hydroxylation is 1. The van der Waals surface area contributed by atoms with E-state index in [1.807, 2.05) is 48.7 Å². The third kappa shape index (κ3) is 6.03. The summed E-state index contributed by atoms with van der Waals surface area (Å²) >= 11 is 4.98. The summed E-state index contributed by atoms with van der Waals surface area (Å²) in [6.45, 7) is 5.86. The monoisotopic (exact) mass is 500 g/mol. The highest BCUT2D eigenvalue weighted by atomic mass is 79.9. The molecule has 7 nitrogen and oxygen atoms in total. The van der Waals surface area contributed by atoms with Gasteiger partial charge < -0.3 is 20.4 Å². The fourth-order valence-electron chi connectivity index (χ4n) is 3.36. The van der Waals surface area contributed by atoms with E-state index >= 15 is 0 Å². The number of likely N-dealkylation sites (N-methyl/N-ethyl adjacent to an activating group) is 1. The first-order valence-electron chi connectivity index (χ1n) is 10.1. The molecule has 1 fully saturated rings. The van der Waals surface area contributed by atoms with E-state index in [-0.39, 0.29) is 5.91 Å². The van der Waals surface area contributed by atoms with Crippen LogP contribution in [0.25, 0.3) is 0 Å². The molecule has 1 saturated heterocycles. The van der Waals surface area contributed by atoms with Crippen LogP contribution in [0.2, 0.25) is 0 Å². The van der Waals surface area contributed by atoms with Crippen molar-refractivity contribution in [3.8, 4) is 0 Å². The van der Waals surface area contributed by atoms with Crippen molar-refractivity contribution in [2.45, 2.75) is 13.3 Å². The molecule has 1 amide bonds. The molecule has 162 valence electrons. The second-order valence-corrected chi connectivity index (χ2v) is 9.55. The third-order valence-electron chi connectivity index (χ3n) is 5.03. The number of carbonyl (C=O) groups excluding carboxylic acids is 1. The predicted octanol–water partition coefficient (Wildman–Crippen LogP) is 4.29. The third-order valence-corrected chi connectivity index (χ3v) is 6.72. The summed E-state index contributed by atoms with van der Waals surface area (Å²) in [5.74, 6) is 1.50. The first-order valence-corrected chi connectivity index (χ1v) is 11.8. The maximum Gasteiger partial charge on any atom is 0.229 e. The van der Waals surface area contributed by atoms with Crippen molar-refractivity contribution in [2.24, 2.45) is 0 Å². The Morgan fingerprint density at radius 1 is 1.10 bits per heavy atom. The number of anilines is 4. The summed E-state index contributed by atoms with van der Waals surface area (Å²) in [4.78, 5) is 27.1. The van der Waals surface area contributed by atoms with E-state index in [0.29, 0.717) is 6.42 Å². The number of thiophene rings is 1. The van der Waals surface area contributed by atoms with Crippen LogP contribution in [0.15, 0.2) is 46.3 Å². The average molecular weight is 501 g/mol. The normalized spacial score (nSPS) is 14.5. The van der Waals surface area contributed by atoms with Gasteiger partial charge in [-0.15, -0.1) is 11.3 Å². The fraction of sp³-hybridized carbons (Fsp3) is 0.318. The number of nitrogens with zero attached hydrogens (tertiary/aromatic N) is 4. The Kier molecular flexibility index (Phi) is 6.84. The highest BCUT2D eigenvalue weighted by Crippen LogP contribution is 2.22. The molecule has 0 aliphatic carbocycles. The van der Waals surface area contributed by atoms with Gasteiger partial charge in [-0.1, -0.05) is 0 Å². The highest BCUT2D eigenvalue weighted by Gasteiger charge is 2.17. The number of carbonyl (C=O) groups is 1. The Morgan fingerprint density at radius 3 is 2.48 bits per heavy atom. The smallest absolute Gasteiger partial charge is 0.229 e. The Bertz CT molecular complexity index is 1050. The van der Waals surface area contributed by atoms with Crippen LogP contribution in [0.4, 0.5) is 23.1 Å². The van der Waals surface area contributed by atoms with Crippen molar-refractivity contribution in [2.75, 3.05) is 48.8 Å². The van der Waals surface area contributed by atoms with E-state index in [4.69, 9.17) is 4.98 Å². The minimum absolute atomic E-state index is 0.0293. The molecule has 0 spiro atoms. The van der Waals surface area contributed by atoms with Crippen molar-refractivity contribution in [1.29, 1.82) is 0 Å². The second kappa shape index (κ2) is 9.76. The van der Waals surface area contributed by atoms with Crippen LogP contribution >= 0.6 is 27.3 Å². The summed E-state index contributed by atoms with van der Waals surface area (Å²) in [5, 5.41) is 8.27. The molecule has 1 aliphatic heterocycles. The van der Waals surface area contributed by atoms with Crippen molar-refractivity contribution in [1.82, 2.24) is 14.9 Å². The zero-order chi connectivity index (χ0) is 21.8. The minimum atomic E-state index is -0.0293. The zero-order valence-corrected chi connectivity index (χ0v) is 20.0. The molecule has 0 atom stereocenters. The zero-order valence-electron chi connectivity index (χ0n) is 17.6. The van der Waals surface area contributed by atoms with E-state index in [0.717, 1.165) is 64.4 Å². The number of hydrogen-bond donors (Lipinski definition) is 2. The molecule has 0 saturated carbocycles. The maximum absolute atomic E-state index is 12.3. The van der Waals surface area contributed by atoms with Crippen LogP contribution in [-0.4, -0.2) is 54.0 Å². The number of aromatic nitrogens is 2. The standard InChI is InChI=1S/C22H25BrN6OS/c1-15-11-20(27-22(24-15)29-9-7-28(2)8-10-29)25-17-3-5-18(6-4-17)26-21(30)13-19-12-16(23)14-31-19/h3-6,11-12,14H,7-10,13H2,1-2H3,(H,26,30)(H,24,25,27). The van der Waals surface area contributed by atoms with Gasteiger partial charge in [-0.25, -0.2) is 4.98 Å². The van der Waals surface area contributed by atoms with Crippen molar-refractivity contribution >= 4 is 56.3 Å². The van der Waals surface area contributed by atoms with Gasteiger partial charge in [0, 0.05) is 64.0 Å². The molecular formula is C22H25BrN6OS. The number of amides is 1. The summed E-state index contributed by atoms with van der Waals surface area (Å²) in [5.41, 5.74) is 2.60. The largest absolute Gasteiger partial charge is 0.340 e. The molecule has 3 heterocycles. The fourth-order valence-corrected chi connectivity index (χ4v) is 4.81. The molecule has 31 heavy (non-hydrogen) atoms. The van der Waals surface area contributed by atoms with Gasteiger partial charge in [0.1, 0.15) is 5.82 Å². The topological polar surface area (TPSA) is 73.4 Å². The number of benzene rings is 1. The van der Waals surface area contributed by atoms with E-state index < -0.39 is 0 Å². The highest BCUT2D eigenvalue weighted by molar-refractivity contribution is 9.10. The average Bonchev–Trinajstić information content (AvgIpc) is 3.14. The molecule has 1 aliphatic rings. The van der Waals surface area contributed by atoms with Crippen molar-refractivity contribution in [3.05, 3.63) is 56.8 Å². The predicted molar refractivity (Wildman–Crippen MR) is 131 cm³/mol. The van der Waals surface area contributed by atoms with Gasteiger partial charge in [-0.2, -0.15) is 4.98 Å². The van der Waals surface area contributed by atoms with E-state index in [2.05, 4.69) is 48.4 Å². The van der Waals surface area contributed by atoms with Crippen LogP contribution in [0.1, 0.15) is 10.6 Å². The minimum Gasteiger partial charge on any atom is -0.340 e. The molecular weight excluding hydrogens is 476 g/mol. The van der Waals surface area contributed by atoms with Gasteiger partial charge in [0.05, 0.1) is 6.42 Å². The number of piperazine rings is 1. The molecule has 1 aromatic carbocycles. The van der Waals surface area contributed by atoms with Crippen molar-refractivity contribution in [3.63, 3.8) is 0 Å². The Labute approximate surface area is 194 Å². The van der Waals surface area contributed by atoms with Crippen LogP contribution in [0, 0.1) is 6.92 Å². The molecule has 2 N–H and O–H groups in total. The van der Waals surface area contributed by atoms with Crippen LogP contribution in [0.5, 0.6) is 0 Å². The van der Waals surface area contributed by atoms with Crippen LogP contribution in [0.3, 0.4) is 0 Å². The SMILES string of the molecule is Cc1cc(Nc2ccc(NC(=O)Cc3cc(Br)cs3)cc2)nc(N2CCN(C)CC2)n1. The van der Waals surface area contributed by atoms with Gasteiger partial charge >= 0.3 is 0 Å². The second-order valence-electron chi connectivity index (χ2n) is 7.64. The molecule has 0 unspecified atom stereocenters. The van der Waals surface area contributed by atoms with Gasteiger partial charge in [0.2, 0.25) is 11.9 Å². The Morgan fingerprint density at radius 2 is 1.81 bits per heavy atom. The van der Waals surface area contributed by atoms with E-state index in [1.165, 1.54) is 0 Å². The van der Waals surface area contributed by atoms with Crippen LogP contribution in [-0.2, 0) is 11.2 Å². The molecule has 0 radical (unpaired) electrons. The number of rotatable bonds is 6. The van der Waals surface area contributed by atoms with E-state index in [9.17, 15) is 4.79 Å². The molecule has 4 rings (SSSR count). The summed E-state index contributed by atoms with van der Waals surface area (Å²) < 4.78 is 1.01. The first-order chi connectivity index (χ1) is 14.9. The molecule has 0 bridgehead atoms. The summed E-state index contributed by atoms with van der Waals surface area (Å²) in [6, 6.07) is 11.6. The summed E-state index contributed by atoms with van der Waals surface area (Å²) in [7, 11) is 2.13. The first kappa shape index (κ1) is 21.7. The Hall–Kier alpha value is -2.49. The van der Waals surface area contributed by atoms with Crippen molar-refractivity contribution < 1.29 is 4.79 Å². The van der Waals surface area contributed by atoms with Crippen LogP contribution < -0.4 is 15.5 Å². The van der Waals surface area contributed by atoms with Gasteiger partial charge in [0.15, 0.2) is 0 Å². The Balaban J connectivity index is 1.38. The lowest BCUT2D eigenvalue weighted by Gasteiger charge is -2.32.